The summed E-state index contributed by atoms with van der Waals surface area (Å²) in [5.74, 6) is 0.296. The van der Waals surface area contributed by atoms with E-state index in [1.54, 1.807) is 18.3 Å². The summed E-state index contributed by atoms with van der Waals surface area (Å²) in [7, 11) is 0. The van der Waals surface area contributed by atoms with Crippen molar-refractivity contribution in [2.45, 2.75) is 19.4 Å². The minimum atomic E-state index is -0.223. The number of fused-ring (bicyclic) bond motifs is 1. The molecule has 0 aliphatic carbocycles. The molecule has 0 unspecified atom stereocenters. The van der Waals surface area contributed by atoms with Crippen LogP contribution in [0.1, 0.15) is 28.8 Å². The zero-order chi connectivity index (χ0) is 20.3. The van der Waals surface area contributed by atoms with Gasteiger partial charge in [0.15, 0.2) is 0 Å². The van der Waals surface area contributed by atoms with Gasteiger partial charge in [0.2, 0.25) is 0 Å². The lowest BCUT2D eigenvalue weighted by molar-refractivity contribution is 0.102. The Morgan fingerprint density at radius 3 is 2.77 bits per heavy atom. The van der Waals surface area contributed by atoms with Crippen molar-refractivity contribution in [1.82, 2.24) is 19.3 Å². The first-order chi connectivity index (χ1) is 14.8. The number of likely N-dealkylation sites (tertiary alicyclic amines) is 1. The second kappa shape index (κ2) is 8.08. The van der Waals surface area contributed by atoms with E-state index in [0.717, 1.165) is 17.8 Å². The maximum Gasteiger partial charge on any atom is 0.260 e. The van der Waals surface area contributed by atoms with Crippen LogP contribution in [0.3, 0.4) is 0 Å². The highest BCUT2D eigenvalue weighted by Gasteiger charge is 2.16. The van der Waals surface area contributed by atoms with E-state index in [4.69, 9.17) is 4.98 Å². The average molecular weight is 397 g/mol. The lowest BCUT2D eigenvalue weighted by Gasteiger charge is -2.14. The van der Waals surface area contributed by atoms with Crippen LogP contribution in [0.4, 0.5) is 5.82 Å². The van der Waals surface area contributed by atoms with Gasteiger partial charge in [0.25, 0.3) is 5.91 Å². The summed E-state index contributed by atoms with van der Waals surface area (Å²) in [6.45, 7) is 3.32. The molecular weight excluding hydrogens is 374 g/mol. The Morgan fingerprint density at radius 2 is 1.93 bits per heavy atom. The second-order valence-corrected chi connectivity index (χ2v) is 7.63. The number of anilines is 1. The molecule has 6 heteroatoms. The van der Waals surface area contributed by atoms with Crippen molar-refractivity contribution in [1.29, 1.82) is 0 Å². The number of nitrogens with one attached hydrogen (secondary N) is 1. The summed E-state index contributed by atoms with van der Waals surface area (Å²) in [4.78, 5) is 24.3. The first kappa shape index (κ1) is 18.5. The minimum Gasteiger partial charge on any atom is -0.306 e. The van der Waals surface area contributed by atoms with Crippen LogP contribution in [0, 0.1) is 0 Å². The van der Waals surface area contributed by atoms with Gasteiger partial charge in [0.05, 0.1) is 11.3 Å². The van der Waals surface area contributed by atoms with E-state index in [0.29, 0.717) is 17.0 Å². The SMILES string of the molecule is O=C(Nc1ccccn1)c1cccn2cc(-c3cccc(CN4CCCC4)c3)nc12. The number of imidazole rings is 1. The predicted octanol–water partition coefficient (Wildman–Crippen LogP) is 4.24. The van der Waals surface area contributed by atoms with Crippen LogP contribution in [0.25, 0.3) is 16.9 Å². The third kappa shape index (κ3) is 3.82. The number of rotatable bonds is 5. The van der Waals surface area contributed by atoms with Crippen LogP contribution in [-0.4, -0.2) is 38.3 Å². The number of amides is 1. The predicted molar refractivity (Wildman–Crippen MR) is 117 cm³/mol. The Balaban J connectivity index is 1.44. The smallest absolute Gasteiger partial charge is 0.260 e. The molecule has 0 saturated carbocycles. The Kier molecular flexibility index (Phi) is 4.99. The fraction of sp³-hybridized carbons (Fsp3) is 0.208. The molecule has 30 heavy (non-hydrogen) atoms. The van der Waals surface area contributed by atoms with E-state index < -0.39 is 0 Å². The molecule has 1 saturated heterocycles. The van der Waals surface area contributed by atoms with Crippen LogP contribution < -0.4 is 5.32 Å². The molecule has 4 heterocycles. The van der Waals surface area contributed by atoms with Gasteiger partial charge in [-0.25, -0.2) is 9.97 Å². The molecule has 1 aliphatic rings. The van der Waals surface area contributed by atoms with Gasteiger partial charge in [-0.05, 0) is 61.8 Å². The summed E-state index contributed by atoms with van der Waals surface area (Å²) >= 11 is 0. The molecule has 1 fully saturated rings. The van der Waals surface area contributed by atoms with E-state index >= 15 is 0 Å². The van der Waals surface area contributed by atoms with Crippen molar-refractivity contribution in [3.05, 3.63) is 84.3 Å². The van der Waals surface area contributed by atoms with Crippen LogP contribution in [0.15, 0.2) is 73.2 Å². The molecular formula is C24H23N5O. The highest BCUT2D eigenvalue weighted by atomic mass is 16.1. The molecule has 4 aromatic rings. The zero-order valence-corrected chi connectivity index (χ0v) is 16.7. The van der Waals surface area contributed by atoms with E-state index in [1.807, 2.05) is 35.0 Å². The zero-order valence-electron chi connectivity index (χ0n) is 16.7. The molecule has 1 N–H and O–H groups in total. The molecule has 0 atom stereocenters. The van der Waals surface area contributed by atoms with Gasteiger partial charge < -0.3 is 9.72 Å². The number of carbonyl (C=O) groups is 1. The van der Waals surface area contributed by atoms with Gasteiger partial charge in [-0.2, -0.15) is 0 Å². The molecule has 1 amide bonds. The number of hydrogen-bond acceptors (Lipinski definition) is 4. The first-order valence-corrected chi connectivity index (χ1v) is 10.3. The summed E-state index contributed by atoms with van der Waals surface area (Å²) in [5.41, 5.74) is 4.36. The normalized spacial score (nSPS) is 14.3. The molecule has 0 bridgehead atoms. The van der Waals surface area contributed by atoms with Crippen molar-refractivity contribution in [2.75, 3.05) is 18.4 Å². The van der Waals surface area contributed by atoms with Crippen LogP contribution in [-0.2, 0) is 6.54 Å². The maximum atomic E-state index is 12.8. The quantitative estimate of drug-likeness (QED) is 0.547. The molecule has 0 spiro atoms. The van der Waals surface area contributed by atoms with Gasteiger partial charge >= 0.3 is 0 Å². The summed E-state index contributed by atoms with van der Waals surface area (Å²) in [5, 5.41) is 2.84. The Labute approximate surface area is 175 Å². The number of aromatic nitrogens is 3. The lowest BCUT2D eigenvalue weighted by Crippen LogP contribution is -2.18. The molecule has 150 valence electrons. The van der Waals surface area contributed by atoms with Crippen LogP contribution in [0.2, 0.25) is 0 Å². The number of pyridine rings is 2. The maximum absolute atomic E-state index is 12.8. The number of benzene rings is 1. The number of carbonyl (C=O) groups excluding carboxylic acids is 1. The Bertz CT molecular complexity index is 1180. The Morgan fingerprint density at radius 1 is 1.03 bits per heavy atom. The van der Waals surface area contributed by atoms with Crippen LogP contribution >= 0.6 is 0 Å². The van der Waals surface area contributed by atoms with Gasteiger partial charge in [0, 0.05) is 30.7 Å². The summed E-state index contributed by atoms with van der Waals surface area (Å²) < 4.78 is 1.90. The lowest BCUT2D eigenvalue weighted by atomic mass is 10.1. The summed E-state index contributed by atoms with van der Waals surface area (Å²) in [6.07, 6.45) is 8.11. The molecule has 1 aliphatic heterocycles. The van der Waals surface area contributed by atoms with Crippen molar-refractivity contribution < 1.29 is 4.79 Å². The van der Waals surface area contributed by atoms with Crippen molar-refractivity contribution >= 4 is 17.4 Å². The molecule has 6 nitrogen and oxygen atoms in total. The van der Waals surface area contributed by atoms with E-state index in [9.17, 15) is 4.79 Å². The van der Waals surface area contributed by atoms with Gasteiger partial charge in [0.1, 0.15) is 11.5 Å². The standard InChI is InChI=1S/C24H23N5O/c30-24(27-22-10-1-2-11-25-22)20-9-6-14-29-17-21(26-23(20)29)19-8-5-7-18(15-19)16-28-12-3-4-13-28/h1-2,5-11,14-15,17H,3-4,12-13,16H2,(H,25,27,30). The second-order valence-electron chi connectivity index (χ2n) is 7.63. The Hall–Kier alpha value is -3.51. The number of hydrogen-bond donors (Lipinski definition) is 1. The molecule has 3 aromatic heterocycles. The van der Waals surface area contributed by atoms with E-state index in [1.165, 1.54) is 31.5 Å². The highest BCUT2D eigenvalue weighted by Crippen LogP contribution is 2.23. The summed E-state index contributed by atoms with van der Waals surface area (Å²) in [6, 6.07) is 17.6. The number of nitrogens with zero attached hydrogens (tertiary/aromatic N) is 4. The fourth-order valence-corrected chi connectivity index (χ4v) is 3.98. The van der Waals surface area contributed by atoms with Gasteiger partial charge in [-0.1, -0.05) is 24.3 Å². The van der Waals surface area contributed by atoms with E-state index in [-0.39, 0.29) is 5.91 Å². The fourth-order valence-electron chi connectivity index (χ4n) is 3.98. The van der Waals surface area contributed by atoms with Crippen LogP contribution in [0.5, 0.6) is 0 Å². The highest BCUT2D eigenvalue weighted by molar-refractivity contribution is 6.08. The molecule has 5 rings (SSSR count). The van der Waals surface area contributed by atoms with E-state index in [2.05, 4.69) is 39.5 Å². The third-order valence-electron chi connectivity index (χ3n) is 5.46. The topological polar surface area (TPSA) is 62.5 Å². The van der Waals surface area contributed by atoms with Gasteiger partial charge in [-0.15, -0.1) is 0 Å². The average Bonchev–Trinajstić information content (AvgIpc) is 3.44. The monoisotopic (exact) mass is 397 g/mol. The molecule has 0 radical (unpaired) electrons. The van der Waals surface area contributed by atoms with Crippen molar-refractivity contribution in [3.63, 3.8) is 0 Å². The van der Waals surface area contributed by atoms with Crippen molar-refractivity contribution in [3.8, 4) is 11.3 Å². The third-order valence-corrected chi connectivity index (χ3v) is 5.46. The first-order valence-electron chi connectivity index (χ1n) is 10.3. The minimum absolute atomic E-state index is 0.223. The molecule has 1 aromatic carbocycles. The van der Waals surface area contributed by atoms with Gasteiger partial charge in [-0.3, -0.25) is 9.69 Å². The van der Waals surface area contributed by atoms with Crippen molar-refractivity contribution in [2.24, 2.45) is 0 Å². The largest absolute Gasteiger partial charge is 0.306 e.